The van der Waals surface area contributed by atoms with Crippen molar-refractivity contribution >= 4 is 17.5 Å². The summed E-state index contributed by atoms with van der Waals surface area (Å²) in [5.41, 5.74) is 1.17. The fraction of sp³-hybridized carbons (Fsp3) is 0.538. The highest BCUT2D eigenvalue weighted by Crippen LogP contribution is 2.18. The molecule has 1 aromatic heterocycles. The predicted molar refractivity (Wildman–Crippen MR) is 73.7 cm³/mol. The average molecular weight is 297 g/mol. The van der Waals surface area contributed by atoms with Gasteiger partial charge in [-0.2, -0.15) is 4.98 Å². The topological polar surface area (TPSA) is 117 Å². The molecule has 1 aliphatic heterocycles. The summed E-state index contributed by atoms with van der Waals surface area (Å²) >= 11 is 0. The van der Waals surface area contributed by atoms with Crippen LogP contribution in [0.5, 0.6) is 0 Å². The molecule has 0 spiro atoms. The molecule has 21 heavy (non-hydrogen) atoms. The van der Waals surface area contributed by atoms with Crippen LogP contribution in [0.3, 0.4) is 0 Å². The van der Waals surface area contributed by atoms with E-state index in [1.54, 1.807) is 0 Å². The highest BCUT2D eigenvalue weighted by atomic mass is 16.5. The summed E-state index contributed by atoms with van der Waals surface area (Å²) in [6.07, 6.45) is 5.21. The fourth-order valence-electron chi connectivity index (χ4n) is 1.76. The number of hydrogen-bond acceptors (Lipinski definition) is 6. The van der Waals surface area contributed by atoms with Crippen LogP contribution in [0.15, 0.2) is 10.6 Å². The maximum atomic E-state index is 9.10. The van der Waals surface area contributed by atoms with Gasteiger partial charge in [0, 0.05) is 25.1 Å². The second-order valence-corrected chi connectivity index (χ2v) is 4.63. The van der Waals surface area contributed by atoms with Crippen molar-refractivity contribution in [3.63, 3.8) is 0 Å². The van der Waals surface area contributed by atoms with Crippen LogP contribution in [-0.2, 0) is 16.0 Å². The number of hydrogen-bond donors (Lipinski definition) is 2. The third-order valence-corrected chi connectivity index (χ3v) is 2.74. The molecule has 2 N–H and O–H groups in total. The van der Waals surface area contributed by atoms with Crippen LogP contribution in [0, 0.1) is 0 Å². The Morgan fingerprint density at radius 3 is 2.57 bits per heavy atom. The monoisotopic (exact) mass is 297 g/mol. The minimum Gasteiger partial charge on any atom is -0.473 e. The van der Waals surface area contributed by atoms with Crippen LogP contribution >= 0.6 is 0 Å². The van der Waals surface area contributed by atoms with Crippen LogP contribution in [0.2, 0.25) is 0 Å². The first-order chi connectivity index (χ1) is 9.93. The Kier molecular flexibility index (Phi) is 6.54. The molecule has 0 fully saturated rings. The highest BCUT2D eigenvalue weighted by molar-refractivity contribution is 6.27. The maximum absolute atomic E-state index is 9.10. The predicted octanol–water partition coefficient (Wildman–Crippen LogP) is 0.897. The summed E-state index contributed by atoms with van der Waals surface area (Å²) in [5, 5.41) is 18.7. The molecule has 0 saturated heterocycles. The zero-order valence-corrected chi connectivity index (χ0v) is 12.1. The summed E-state index contributed by atoms with van der Waals surface area (Å²) < 4.78 is 5.25. The van der Waals surface area contributed by atoms with Gasteiger partial charge in [0.25, 0.3) is 5.89 Å². The van der Waals surface area contributed by atoms with Crippen LogP contribution < -0.4 is 0 Å². The Bertz CT molecular complexity index is 512. The number of carbonyl (C=O) groups is 2. The van der Waals surface area contributed by atoms with E-state index in [4.69, 9.17) is 24.3 Å². The van der Waals surface area contributed by atoms with E-state index in [9.17, 15) is 0 Å². The van der Waals surface area contributed by atoms with E-state index in [1.807, 2.05) is 0 Å². The number of aryl methyl sites for hydroxylation is 1. The smallest absolute Gasteiger partial charge is 0.414 e. The lowest BCUT2D eigenvalue weighted by molar-refractivity contribution is -0.159. The maximum Gasteiger partial charge on any atom is 0.414 e. The van der Waals surface area contributed by atoms with Gasteiger partial charge in [-0.05, 0) is 19.9 Å². The van der Waals surface area contributed by atoms with E-state index >= 15 is 0 Å². The molecule has 0 unspecified atom stereocenters. The van der Waals surface area contributed by atoms with Crippen LogP contribution in [0.25, 0.3) is 5.57 Å². The summed E-state index contributed by atoms with van der Waals surface area (Å²) in [6, 6.07) is 0. The van der Waals surface area contributed by atoms with E-state index in [0.717, 1.165) is 38.2 Å². The minimum absolute atomic E-state index is 0.699. The lowest BCUT2D eigenvalue weighted by Crippen LogP contribution is -2.25. The standard InChI is InChI=1S/C11H17N3O.C2H2O4/c1-3-5-10-12-11(15-13-10)9-6-4-7-14(2)8-9;3-1(4)2(5)6/h6H,3-5,7-8H2,1-2H3;(H,3,4)(H,5,6). The molecule has 1 aromatic rings. The Labute approximate surface area is 122 Å². The van der Waals surface area contributed by atoms with E-state index in [1.165, 1.54) is 5.57 Å². The van der Waals surface area contributed by atoms with Crippen molar-refractivity contribution in [1.29, 1.82) is 0 Å². The van der Waals surface area contributed by atoms with Gasteiger partial charge >= 0.3 is 11.9 Å². The van der Waals surface area contributed by atoms with Crippen molar-refractivity contribution in [2.24, 2.45) is 0 Å². The molecule has 2 heterocycles. The largest absolute Gasteiger partial charge is 0.473 e. The van der Waals surface area contributed by atoms with Gasteiger partial charge in [0.1, 0.15) is 0 Å². The van der Waals surface area contributed by atoms with Gasteiger partial charge < -0.3 is 19.6 Å². The van der Waals surface area contributed by atoms with E-state index in [2.05, 4.69) is 35.1 Å². The Morgan fingerprint density at radius 2 is 2.05 bits per heavy atom. The number of carboxylic acids is 2. The highest BCUT2D eigenvalue weighted by Gasteiger charge is 2.15. The van der Waals surface area contributed by atoms with E-state index < -0.39 is 11.9 Å². The van der Waals surface area contributed by atoms with Gasteiger partial charge in [0.2, 0.25) is 0 Å². The minimum atomic E-state index is -1.82. The van der Waals surface area contributed by atoms with E-state index in [-0.39, 0.29) is 0 Å². The van der Waals surface area contributed by atoms with Gasteiger partial charge in [0.15, 0.2) is 5.82 Å². The lowest BCUT2D eigenvalue weighted by atomic mass is 10.1. The molecule has 0 radical (unpaired) electrons. The summed E-state index contributed by atoms with van der Waals surface area (Å²) in [6.45, 7) is 4.14. The van der Waals surface area contributed by atoms with Crippen LogP contribution in [0.1, 0.15) is 31.5 Å². The molecule has 0 atom stereocenters. The summed E-state index contributed by atoms with van der Waals surface area (Å²) in [5.74, 6) is -2.13. The van der Waals surface area contributed by atoms with Gasteiger partial charge in [-0.1, -0.05) is 18.2 Å². The first-order valence-electron chi connectivity index (χ1n) is 6.60. The third-order valence-electron chi connectivity index (χ3n) is 2.74. The van der Waals surface area contributed by atoms with Crippen molar-refractivity contribution in [2.45, 2.75) is 26.2 Å². The number of likely N-dealkylation sites (N-methyl/N-ethyl adjacent to an activating group) is 1. The average Bonchev–Trinajstić information content (AvgIpc) is 2.88. The molecule has 8 nitrogen and oxygen atoms in total. The third kappa shape index (κ3) is 5.74. The number of carboxylic acid groups (broad SMARTS) is 2. The van der Waals surface area contributed by atoms with Crippen LogP contribution in [-0.4, -0.2) is 57.3 Å². The molecule has 116 valence electrons. The summed E-state index contributed by atoms with van der Waals surface area (Å²) in [4.78, 5) is 24.8. The lowest BCUT2D eigenvalue weighted by Gasteiger charge is -2.20. The molecule has 2 rings (SSSR count). The zero-order chi connectivity index (χ0) is 15.8. The normalized spacial score (nSPS) is 14.9. The van der Waals surface area contributed by atoms with Crippen molar-refractivity contribution in [2.75, 3.05) is 20.1 Å². The Hall–Kier alpha value is -2.22. The van der Waals surface area contributed by atoms with Gasteiger partial charge in [-0.3, -0.25) is 0 Å². The van der Waals surface area contributed by atoms with Gasteiger partial charge in [-0.15, -0.1) is 0 Å². The van der Waals surface area contributed by atoms with Crippen molar-refractivity contribution in [1.82, 2.24) is 15.0 Å². The molecule has 0 amide bonds. The molecular weight excluding hydrogens is 278 g/mol. The van der Waals surface area contributed by atoms with Gasteiger partial charge in [0.05, 0.1) is 0 Å². The number of aliphatic carboxylic acids is 2. The quantitative estimate of drug-likeness (QED) is 0.790. The molecule has 0 saturated carbocycles. The van der Waals surface area contributed by atoms with Crippen molar-refractivity contribution in [3.05, 3.63) is 17.8 Å². The first-order valence-corrected chi connectivity index (χ1v) is 6.60. The van der Waals surface area contributed by atoms with Crippen molar-refractivity contribution in [3.8, 4) is 0 Å². The molecule has 0 bridgehead atoms. The van der Waals surface area contributed by atoms with Crippen molar-refractivity contribution < 1.29 is 24.3 Å². The second-order valence-electron chi connectivity index (χ2n) is 4.63. The molecule has 0 aliphatic carbocycles. The zero-order valence-electron chi connectivity index (χ0n) is 12.1. The molecular formula is C13H19N3O5. The number of rotatable bonds is 3. The molecule has 0 aromatic carbocycles. The number of nitrogens with zero attached hydrogens (tertiary/aromatic N) is 3. The van der Waals surface area contributed by atoms with Crippen LogP contribution in [0.4, 0.5) is 0 Å². The number of aromatic nitrogens is 2. The van der Waals surface area contributed by atoms with E-state index in [0.29, 0.717) is 5.89 Å². The SMILES string of the molecule is CCCc1noc(C2=CCCN(C)C2)n1.O=C(O)C(=O)O. The first kappa shape index (κ1) is 16.8. The van der Waals surface area contributed by atoms with Gasteiger partial charge in [-0.25, -0.2) is 9.59 Å². The Balaban J connectivity index is 0.000000315. The summed E-state index contributed by atoms with van der Waals surface area (Å²) in [7, 11) is 2.11. The fourth-order valence-corrected chi connectivity index (χ4v) is 1.76. The molecule has 1 aliphatic rings. The second kappa shape index (κ2) is 8.15. The Morgan fingerprint density at radius 1 is 1.38 bits per heavy atom. The molecule has 8 heteroatoms.